The molecule has 0 saturated carbocycles. The molecule has 0 aliphatic carbocycles. The molecule has 2 aromatic carbocycles. The number of phenolic OH excluding ortho intramolecular Hbond substituents is 2. The fraction of sp³-hybridized carbons (Fsp3) is 0.0769. The molecule has 0 atom stereocenters. The third-order valence-electron chi connectivity index (χ3n) is 2.46. The van der Waals surface area contributed by atoms with Gasteiger partial charge in [0.15, 0.2) is 11.5 Å². The maximum absolute atomic E-state index is 9.36. The first-order valence-corrected chi connectivity index (χ1v) is 6.01. The van der Waals surface area contributed by atoms with Crippen molar-refractivity contribution in [3.63, 3.8) is 0 Å². The Hall–Kier alpha value is -1.58. The molecule has 0 amide bonds. The van der Waals surface area contributed by atoms with Gasteiger partial charge >= 0.3 is 0 Å². The molecule has 0 bridgehead atoms. The van der Waals surface area contributed by atoms with Crippen LogP contribution in [0.2, 0.25) is 10.0 Å². The molecule has 2 aromatic rings. The summed E-state index contributed by atoms with van der Waals surface area (Å²) < 4.78 is 0. The van der Waals surface area contributed by atoms with Gasteiger partial charge in [0.05, 0.1) is 10.0 Å². The summed E-state index contributed by atoms with van der Waals surface area (Å²) >= 11 is 11.7. The number of hydrogen-bond acceptors (Lipinski definition) is 3. The van der Waals surface area contributed by atoms with Crippen LogP contribution in [0, 0.1) is 0 Å². The maximum atomic E-state index is 9.36. The van der Waals surface area contributed by atoms with Crippen LogP contribution >= 0.6 is 23.2 Å². The SMILES string of the molecule is Oc1ccc(CNc2ccc(Cl)c(Cl)c2)cc1O. The zero-order chi connectivity index (χ0) is 13.1. The lowest BCUT2D eigenvalue weighted by atomic mass is 10.2. The maximum Gasteiger partial charge on any atom is 0.157 e. The Morgan fingerprint density at radius 2 is 1.67 bits per heavy atom. The van der Waals surface area contributed by atoms with Gasteiger partial charge in [-0.05, 0) is 35.9 Å². The number of aromatic hydroxyl groups is 2. The highest BCUT2D eigenvalue weighted by Gasteiger charge is 2.02. The van der Waals surface area contributed by atoms with Crippen LogP contribution in [0.25, 0.3) is 0 Å². The Balaban J connectivity index is 2.06. The van der Waals surface area contributed by atoms with Gasteiger partial charge in [-0.3, -0.25) is 0 Å². The molecule has 94 valence electrons. The van der Waals surface area contributed by atoms with Crippen molar-refractivity contribution in [3.8, 4) is 11.5 Å². The molecule has 0 radical (unpaired) electrons. The van der Waals surface area contributed by atoms with Crippen molar-refractivity contribution >= 4 is 28.9 Å². The number of halogens is 2. The van der Waals surface area contributed by atoms with E-state index in [2.05, 4.69) is 5.32 Å². The van der Waals surface area contributed by atoms with E-state index in [0.29, 0.717) is 16.6 Å². The molecule has 0 aromatic heterocycles. The van der Waals surface area contributed by atoms with Crippen molar-refractivity contribution in [1.82, 2.24) is 0 Å². The summed E-state index contributed by atoms with van der Waals surface area (Å²) in [6.07, 6.45) is 0. The molecular weight excluding hydrogens is 273 g/mol. The Morgan fingerprint density at radius 1 is 0.889 bits per heavy atom. The predicted octanol–water partition coefficient (Wildman–Crippen LogP) is 4.02. The molecule has 18 heavy (non-hydrogen) atoms. The fourth-order valence-corrected chi connectivity index (χ4v) is 1.79. The van der Waals surface area contributed by atoms with E-state index in [1.54, 1.807) is 18.2 Å². The lowest BCUT2D eigenvalue weighted by molar-refractivity contribution is 0.403. The molecule has 0 saturated heterocycles. The van der Waals surface area contributed by atoms with Gasteiger partial charge in [-0.1, -0.05) is 29.3 Å². The summed E-state index contributed by atoms with van der Waals surface area (Å²) in [6.45, 7) is 0.506. The van der Waals surface area contributed by atoms with Crippen LogP contribution in [0.1, 0.15) is 5.56 Å². The summed E-state index contributed by atoms with van der Waals surface area (Å²) in [5.41, 5.74) is 1.67. The van der Waals surface area contributed by atoms with Crippen LogP contribution in [0.4, 0.5) is 5.69 Å². The molecular formula is C13H11Cl2NO2. The number of rotatable bonds is 3. The quantitative estimate of drug-likeness (QED) is 0.746. The van der Waals surface area contributed by atoms with Crippen LogP contribution in [0.15, 0.2) is 36.4 Å². The molecule has 3 N–H and O–H groups in total. The van der Waals surface area contributed by atoms with Crippen molar-refractivity contribution in [2.45, 2.75) is 6.54 Å². The Morgan fingerprint density at radius 3 is 2.33 bits per heavy atom. The molecule has 3 nitrogen and oxygen atoms in total. The number of anilines is 1. The second-order valence-corrected chi connectivity index (χ2v) is 4.62. The van der Waals surface area contributed by atoms with E-state index in [-0.39, 0.29) is 11.5 Å². The minimum absolute atomic E-state index is 0.131. The van der Waals surface area contributed by atoms with Crippen molar-refractivity contribution < 1.29 is 10.2 Å². The number of benzene rings is 2. The van der Waals surface area contributed by atoms with Crippen LogP contribution in [-0.2, 0) is 6.54 Å². The van der Waals surface area contributed by atoms with Crippen LogP contribution < -0.4 is 5.32 Å². The van der Waals surface area contributed by atoms with Crippen molar-refractivity contribution in [2.75, 3.05) is 5.32 Å². The van der Waals surface area contributed by atoms with Crippen molar-refractivity contribution in [1.29, 1.82) is 0 Å². The van der Waals surface area contributed by atoms with Crippen LogP contribution in [-0.4, -0.2) is 10.2 Å². The predicted molar refractivity (Wildman–Crippen MR) is 73.6 cm³/mol. The van der Waals surface area contributed by atoms with Crippen LogP contribution in [0.5, 0.6) is 11.5 Å². The molecule has 0 aliphatic rings. The third-order valence-corrected chi connectivity index (χ3v) is 3.20. The molecule has 5 heteroatoms. The fourth-order valence-electron chi connectivity index (χ4n) is 1.49. The first kappa shape index (κ1) is 12.9. The number of phenols is 2. The topological polar surface area (TPSA) is 52.5 Å². The smallest absolute Gasteiger partial charge is 0.157 e. The highest BCUT2D eigenvalue weighted by molar-refractivity contribution is 6.42. The van der Waals surface area contributed by atoms with Gasteiger partial charge in [-0.2, -0.15) is 0 Å². The minimum Gasteiger partial charge on any atom is -0.504 e. The minimum atomic E-state index is -0.136. The molecule has 0 fully saturated rings. The van der Waals surface area contributed by atoms with Gasteiger partial charge in [0.1, 0.15) is 0 Å². The summed E-state index contributed by atoms with van der Waals surface area (Å²) in [7, 11) is 0. The second-order valence-electron chi connectivity index (χ2n) is 3.81. The second kappa shape index (κ2) is 5.38. The standard InChI is InChI=1S/C13H11Cl2NO2/c14-10-3-2-9(6-11(10)15)16-7-8-1-4-12(17)13(18)5-8/h1-6,16-18H,7H2. The Bertz CT molecular complexity index is 521. The summed E-state index contributed by atoms with van der Waals surface area (Å²) in [5, 5.41) is 22.7. The zero-order valence-corrected chi connectivity index (χ0v) is 10.8. The first-order valence-electron chi connectivity index (χ1n) is 5.26. The van der Waals surface area contributed by atoms with Gasteiger partial charge in [0.2, 0.25) is 0 Å². The van der Waals surface area contributed by atoms with E-state index in [4.69, 9.17) is 23.2 Å². The van der Waals surface area contributed by atoms with Gasteiger partial charge in [0.25, 0.3) is 0 Å². The summed E-state index contributed by atoms with van der Waals surface area (Å²) in [5.74, 6) is -0.267. The van der Waals surface area contributed by atoms with E-state index in [0.717, 1.165) is 11.3 Å². The molecule has 0 spiro atoms. The van der Waals surface area contributed by atoms with E-state index in [1.807, 2.05) is 6.07 Å². The molecule has 2 rings (SSSR count). The monoisotopic (exact) mass is 283 g/mol. The molecule has 0 aliphatic heterocycles. The lowest BCUT2D eigenvalue weighted by Crippen LogP contribution is -1.99. The summed E-state index contributed by atoms with van der Waals surface area (Å²) in [6, 6.07) is 9.92. The first-order chi connectivity index (χ1) is 8.56. The van der Waals surface area contributed by atoms with Crippen molar-refractivity contribution in [2.24, 2.45) is 0 Å². The Labute approximate surface area is 115 Å². The van der Waals surface area contributed by atoms with Crippen molar-refractivity contribution in [3.05, 3.63) is 52.0 Å². The van der Waals surface area contributed by atoms with E-state index < -0.39 is 0 Å². The molecule has 0 heterocycles. The lowest BCUT2D eigenvalue weighted by Gasteiger charge is -2.08. The van der Waals surface area contributed by atoms with Gasteiger partial charge in [-0.25, -0.2) is 0 Å². The Kier molecular flexibility index (Phi) is 3.84. The van der Waals surface area contributed by atoms with Crippen LogP contribution in [0.3, 0.4) is 0 Å². The van der Waals surface area contributed by atoms with E-state index in [1.165, 1.54) is 12.1 Å². The summed E-state index contributed by atoms with van der Waals surface area (Å²) in [4.78, 5) is 0. The highest BCUT2D eigenvalue weighted by atomic mass is 35.5. The van der Waals surface area contributed by atoms with Gasteiger partial charge in [-0.15, -0.1) is 0 Å². The van der Waals surface area contributed by atoms with E-state index in [9.17, 15) is 10.2 Å². The molecule has 0 unspecified atom stereocenters. The number of hydrogen-bond donors (Lipinski definition) is 3. The average Bonchev–Trinajstić information content (AvgIpc) is 2.35. The average molecular weight is 284 g/mol. The van der Waals surface area contributed by atoms with Gasteiger partial charge < -0.3 is 15.5 Å². The third kappa shape index (κ3) is 3.00. The largest absolute Gasteiger partial charge is 0.504 e. The highest BCUT2D eigenvalue weighted by Crippen LogP contribution is 2.27. The van der Waals surface area contributed by atoms with E-state index >= 15 is 0 Å². The number of nitrogens with one attached hydrogen (secondary N) is 1. The van der Waals surface area contributed by atoms with Gasteiger partial charge in [0, 0.05) is 12.2 Å². The zero-order valence-electron chi connectivity index (χ0n) is 9.32. The normalized spacial score (nSPS) is 10.3.